The van der Waals surface area contributed by atoms with E-state index in [1.807, 2.05) is 0 Å². The second-order valence-corrected chi connectivity index (χ2v) is 15.0. The van der Waals surface area contributed by atoms with E-state index < -0.39 is 0 Å². The normalized spacial score (nSPS) is 51.7. The van der Waals surface area contributed by atoms with Gasteiger partial charge < -0.3 is 10.2 Å². The summed E-state index contributed by atoms with van der Waals surface area (Å²) in [6.45, 7) is 21.0. The number of aliphatic hydroxyl groups excluding tert-OH is 2. The van der Waals surface area contributed by atoms with Crippen LogP contribution in [0, 0.1) is 56.7 Å². The lowest BCUT2D eigenvalue weighted by atomic mass is 9.41. The summed E-state index contributed by atoms with van der Waals surface area (Å²) >= 11 is 0. The lowest BCUT2D eigenvalue weighted by molar-refractivity contribution is -0.163. The maximum absolute atomic E-state index is 11.2. The topological polar surface area (TPSA) is 40.5 Å². The fourth-order valence-electron chi connectivity index (χ4n) is 11.2. The van der Waals surface area contributed by atoms with Crippen LogP contribution in [0.3, 0.4) is 0 Å². The molecule has 5 aliphatic carbocycles. The highest BCUT2D eigenvalue weighted by atomic mass is 16.3. The Labute approximate surface area is 204 Å². The monoisotopic (exact) mass is 456 g/mol. The minimum atomic E-state index is -0.261. The molecule has 0 aliphatic heterocycles. The number of aliphatic hydroxyl groups is 2. The molecule has 10 unspecified atom stereocenters. The molecule has 5 fully saturated rings. The molecule has 5 rings (SSSR count). The Bertz CT molecular complexity index is 814. The molecule has 5 aliphatic rings. The summed E-state index contributed by atoms with van der Waals surface area (Å²) < 4.78 is 0. The third-order valence-corrected chi connectivity index (χ3v) is 13.7. The van der Waals surface area contributed by atoms with Crippen LogP contribution in [0.5, 0.6) is 0 Å². The minimum absolute atomic E-state index is 0.0734. The zero-order valence-electron chi connectivity index (χ0n) is 22.7. The fourth-order valence-corrected chi connectivity index (χ4v) is 11.2. The van der Waals surface area contributed by atoms with E-state index in [0.29, 0.717) is 45.3 Å². The molecule has 188 valence electrons. The molecule has 2 N–H and O–H groups in total. The van der Waals surface area contributed by atoms with E-state index in [-0.39, 0.29) is 17.6 Å². The second-order valence-electron chi connectivity index (χ2n) is 15.0. The third kappa shape index (κ3) is 2.92. The maximum Gasteiger partial charge on any atom is 0.0605 e. The van der Waals surface area contributed by atoms with Crippen molar-refractivity contribution in [3.63, 3.8) is 0 Å². The molecule has 0 amide bonds. The lowest BCUT2D eigenvalue weighted by Crippen LogP contribution is -2.57. The predicted octanol–water partition coefficient (Wildman–Crippen LogP) is 7.39. The molecule has 33 heavy (non-hydrogen) atoms. The molecule has 0 radical (unpaired) electrons. The van der Waals surface area contributed by atoms with Crippen molar-refractivity contribution in [3.8, 4) is 0 Å². The van der Waals surface area contributed by atoms with Crippen molar-refractivity contribution in [3.05, 3.63) is 12.2 Å². The van der Waals surface area contributed by atoms with Crippen LogP contribution in [-0.2, 0) is 0 Å². The number of fused-ring (bicyclic) bond motifs is 2. The van der Waals surface area contributed by atoms with Gasteiger partial charge in [-0.05, 0) is 121 Å². The molecule has 2 heteroatoms. The van der Waals surface area contributed by atoms with Crippen molar-refractivity contribution in [2.24, 2.45) is 56.7 Å². The van der Waals surface area contributed by atoms with Crippen LogP contribution in [0.2, 0.25) is 0 Å². The summed E-state index contributed by atoms with van der Waals surface area (Å²) in [6.07, 6.45) is 12.1. The lowest BCUT2D eigenvalue weighted by Gasteiger charge is -2.63. The van der Waals surface area contributed by atoms with Crippen LogP contribution in [0.15, 0.2) is 12.2 Å². The summed E-state index contributed by atoms with van der Waals surface area (Å²) in [6, 6.07) is 0. The van der Waals surface area contributed by atoms with Crippen molar-refractivity contribution in [2.75, 3.05) is 0 Å². The highest BCUT2D eigenvalue weighted by Gasteiger charge is 2.82. The number of hydrogen-bond acceptors (Lipinski definition) is 2. The molecule has 0 bridgehead atoms. The third-order valence-electron chi connectivity index (χ3n) is 13.7. The Morgan fingerprint density at radius 1 is 0.848 bits per heavy atom. The Morgan fingerprint density at radius 2 is 1.48 bits per heavy atom. The van der Waals surface area contributed by atoms with Gasteiger partial charge in [0.05, 0.1) is 12.2 Å². The van der Waals surface area contributed by atoms with E-state index in [1.54, 1.807) is 0 Å². The van der Waals surface area contributed by atoms with E-state index in [0.717, 1.165) is 18.8 Å². The summed E-state index contributed by atoms with van der Waals surface area (Å²) in [4.78, 5) is 0. The first-order chi connectivity index (χ1) is 15.3. The van der Waals surface area contributed by atoms with Crippen molar-refractivity contribution < 1.29 is 10.2 Å². The predicted molar refractivity (Wildman–Crippen MR) is 137 cm³/mol. The Hall–Kier alpha value is -0.340. The highest BCUT2D eigenvalue weighted by Crippen LogP contribution is 2.89. The van der Waals surface area contributed by atoms with Gasteiger partial charge in [0.15, 0.2) is 0 Å². The molecular formula is C31H52O2. The van der Waals surface area contributed by atoms with Crippen LogP contribution in [0.4, 0.5) is 0 Å². The molecule has 0 aromatic heterocycles. The first-order valence-electron chi connectivity index (χ1n) is 14.3. The standard InChI is InChI=1S/C31H52O2/c1-19(2)20(3)17-23(32)21(4)22-11-13-29(8)25-10-9-24-27(5,6)26(33)12-14-30(24)18-31(25,30)16-15-28(22,29)7/h19,21-26,32-33H,3,9-18H2,1-2,4-8H3. The van der Waals surface area contributed by atoms with Crippen molar-refractivity contribution >= 4 is 0 Å². The summed E-state index contributed by atoms with van der Waals surface area (Å²) in [5.74, 6) is 2.95. The molecule has 2 spiro atoms. The second kappa shape index (κ2) is 7.34. The Kier molecular flexibility index (Phi) is 5.42. The number of hydrogen-bond donors (Lipinski definition) is 2. The van der Waals surface area contributed by atoms with Gasteiger partial charge in [-0.1, -0.05) is 60.6 Å². The van der Waals surface area contributed by atoms with E-state index in [1.165, 1.54) is 56.9 Å². The maximum atomic E-state index is 11.2. The average Bonchev–Trinajstić information content (AvgIpc) is 3.33. The van der Waals surface area contributed by atoms with Crippen molar-refractivity contribution in [1.82, 2.24) is 0 Å². The van der Waals surface area contributed by atoms with Crippen LogP contribution < -0.4 is 0 Å². The van der Waals surface area contributed by atoms with Crippen molar-refractivity contribution in [2.45, 2.75) is 125 Å². The van der Waals surface area contributed by atoms with E-state index >= 15 is 0 Å². The van der Waals surface area contributed by atoms with E-state index in [4.69, 9.17) is 0 Å². The van der Waals surface area contributed by atoms with Gasteiger partial charge in [-0.15, -0.1) is 0 Å². The zero-order valence-corrected chi connectivity index (χ0v) is 22.7. The first kappa shape index (κ1) is 24.4. The minimum Gasteiger partial charge on any atom is -0.393 e. The van der Waals surface area contributed by atoms with E-state index in [9.17, 15) is 10.2 Å². The molecule has 10 atom stereocenters. The zero-order chi connectivity index (χ0) is 24.2. The average molecular weight is 457 g/mol. The SMILES string of the molecule is C=C(CC(O)C(C)C1CCC2(C)C3CCC4C(C)(C)C(O)CCC45CC35CCC12C)C(C)C. The van der Waals surface area contributed by atoms with Gasteiger partial charge in [0.25, 0.3) is 0 Å². The molecule has 0 aromatic rings. The van der Waals surface area contributed by atoms with Crippen LogP contribution in [0.25, 0.3) is 0 Å². The molecule has 2 nitrogen and oxygen atoms in total. The quantitative estimate of drug-likeness (QED) is 0.423. The van der Waals surface area contributed by atoms with Gasteiger partial charge in [0, 0.05) is 0 Å². The number of rotatable bonds is 5. The Morgan fingerprint density at radius 3 is 2.15 bits per heavy atom. The molecular weight excluding hydrogens is 404 g/mol. The first-order valence-corrected chi connectivity index (χ1v) is 14.3. The van der Waals surface area contributed by atoms with Crippen LogP contribution in [0.1, 0.15) is 113 Å². The van der Waals surface area contributed by atoms with Gasteiger partial charge in [-0.3, -0.25) is 0 Å². The highest BCUT2D eigenvalue weighted by molar-refractivity contribution is 5.30. The summed E-state index contributed by atoms with van der Waals surface area (Å²) in [5.41, 5.74) is 3.06. The molecule has 5 saturated carbocycles. The molecule has 0 aromatic carbocycles. The van der Waals surface area contributed by atoms with E-state index in [2.05, 4.69) is 55.0 Å². The van der Waals surface area contributed by atoms with Gasteiger partial charge >= 0.3 is 0 Å². The smallest absolute Gasteiger partial charge is 0.0605 e. The largest absolute Gasteiger partial charge is 0.393 e. The molecule has 0 saturated heterocycles. The van der Waals surface area contributed by atoms with Crippen molar-refractivity contribution in [1.29, 1.82) is 0 Å². The van der Waals surface area contributed by atoms with Gasteiger partial charge in [-0.25, -0.2) is 0 Å². The molecule has 0 heterocycles. The fraction of sp³-hybridized carbons (Fsp3) is 0.935. The Balaban J connectivity index is 1.40. The van der Waals surface area contributed by atoms with Gasteiger partial charge in [0.1, 0.15) is 0 Å². The summed E-state index contributed by atoms with van der Waals surface area (Å²) in [7, 11) is 0. The van der Waals surface area contributed by atoms with Gasteiger partial charge in [-0.2, -0.15) is 0 Å². The van der Waals surface area contributed by atoms with Crippen LogP contribution >= 0.6 is 0 Å². The summed E-state index contributed by atoms with van der Waals surface area (Å²) in [5, 5.41) is 22.1. The van der Waals surface area contributed by atoms with Gasteiger partial charge in [0.2, 0.25) is 0 Å². The van der Waals surface area contributed by atoms with Crippen LogP contribution in [-0.4, -0.2) is 22.4 Å².